The Bertz CT molecular complexity index is 1070. The Labute approximate surface area is 167 Å². The lowest BCUT2D eigenvalue weighted by molar-refractivity contribution is 0.0952. The van der Waals surface area contributed by atoms with Gasteiger partial charge in [0.1, 0.15) is 0 Å². The number of amides is 1. The normalized spacial score (nSPS) is 19.1. The summed E-state index contributed by atoms with van der Waals surface area (Å²) < 4.78 is 0. The Hall–Kier alpha value is -3.26. The van der Waals surface area contributed by atoms with E-state index in [-0.39, 0.29) is 30.2 Å². The summed E-state index contributed by atoms with van der Waals surface area (Å²) in [6, 6.07) is 8.95. The smallest absolute Gasteiger partial charge is 0.253 e. The van der Waals surface area contributed by atoms with Crippen LogP contribution in [0, 0.1) is 0 Å². The Morgan fingerprint density at radius 3 is 2.79 bits per heavy atom. The number of pyridine rings is 1. The molecule has 0 spiro atoms. The number of benzene rings is 1. The molecule has 0 saturated heterocycles. The Morgan fingerprint density at radius 2 is 2.00 bits per heavy atom. The van der Waals surface area contributed by atoms with Crippen molar-refractivity contribution < 1.29 is 9.90 Å². The highest BCUT2D eigenvalue weighted by atomic mass is 16.3. The molecular weight excluding hydrogens is 370 g/mol. The van der Waals surface area contributed by atoms with Crippen LogP contribution >= 0.6 is 0 Å². The second-order valence-electron chi connectivity index (χ2n) is 7.29. The molecule has 2 heterocycles. The molecule has 0 bridgehead atoms. The lowest BCUT2D eigenvalue weighted by Gasteiger charge is -2.26. The van der Waals surface area contributed by atoms with Gasteiger partial charge in [-0.2, -0.15) is 0 Å². The summed E-state index contributed by atoms with van der Waals surface area (Å²) in [5.74, 6) is 0.169. The van der Waals surface area contributed by atoms with Crippen molar-refractivity contribution in [2.75, 3.05) is 5.32 Å². The van der Waals surface area contributed by atoms with E-state index in [0.717, 1.165) is 31.1 Å². The molecule has 1 saturated carbocycles. The minimum atomic E-state index is -0.302. The highest BCUT2D eigenvalue weighted by molar-refractivity contribution is 6.05. The predicted octanol–water partition coefficient (Wildman–Crippen LogP) is 1.96. The number of nitrogens with zero attached hydrogens (tertiary/aromatic N) is 2. The predicted molar refractivity (Wildman–Crippen MR) is 110 cm³/mol. The second kappa shape index (κ2) is 8.40. The molecule has 3 aromatic rings. The number of H-pyrrole nitrogens is 1. The minimum Gasteiger partial charge on any atom is -0.393 e. The van der Waals surface area contributed by atoms with Crippen molar-refractivity contribution in [1.82, 2.24) is 20.3 Å². The molecule has 1 amide bonds. The molecule has 8 nitrogen and oxygen atoms in total. The van der Waals surface area contributed by atoms with Crippen molar-refractivity contribution in [2.24, 2.45) is 0 Å². The number of carbonyl (C=O) groups excluding carboxylic acids is 1. The maximum atomic E-state index is 12.7. The van der Waals surface area contributed by atoms with Crippen LogP contribution < -0.4 is 16.2 Å². The lowest BCUT2D eigenvalue weighted by atomic mass is 9.93. The van der Waals surface area contributed by atoms with Gasteiger partial charge in [-0.05, 0) is 37.8 Å². The van der Waals surface area contributed by atoms with Crippen molar-refractivity contribution in [3.63, 3.8) is 0 Å². The van der Waals surface area contributed by atoms with Crippen molar-refractivity contribution >= 4 is 22.8 Å². The molecule has 29 heavy (non-hydrogen) atoms. The SMILES string of the molecule is O=C(NCc1ccc[nH]c1=O)c1cccc2cnc(N[C@H]3CC[C@H](O)CC3)nc12. The molecule has 1 aliphatic rings. The number of hydrogen-bond donors (Lipinski definition) is 4. The van der Waals surface area contributed by atoms with E-state index in [1.807, 2.05) is 6.07 Å². The van der Waals surface area contributed by atoms with Gasteiger partial charge in [-0.15, -0.1) is 0 Å². The topological polar surface area (TPSA) is 120 Å². The van der Waals surface area contributed by atoms with E-state index in [1.54, 1.807) is 36.7 Å². The molecule has 0 atom stereocenters. The summed E-state index contributed by atoms with van der Waals surface area (Å²) in [7, 11) is 0. The third-order valence-corrected chi connectivity index (χ3v) is 5.22. The van der Waals surface area contributed by atoms with Crippen LogP contribution in [0.2, 0.25) is 0 Å². The van der Waals surface area contributed by atoms with Gasteiger partial charge in [0.25, 0.3) is 11.5 Å². The number of aliphatic hydroxyl groups is 1. The first kappa shape index (κ1) is 19.1. The number of rotatable bonds is 5. The molecule has 0 radical (unpaired) electrons. The van der Waals surface area contributed by atoms with Crippen LogP contribution in [-0.4, -0.2) is 38.1 Å². The van der Waals surface area contributed by atoms with E-state index in [9.17, 15) is 14.7 Å². The van der Waals surface area contributed by atoms with Gasteiger partial charge in [0.05, 0.1) is 17.2 Å². The largest absolute Gasteiger partial charge is 0.393 e. The third kappa shape index (κ3) is 4.43. The molecule has 0 unspecified atom stereocenters. The highest BCUT2D eigenvalue weighted by Gasteiger charge is 2.20. The fourth-order valence-corrected chi connectivity index (χ4v) is 3.58. The summed E-state index contributed by atoms with van der Waals surface area (Å²) in [6.07, 6.45) is 6.26. The summed E-state index contributed by atoms with van der Waals surface area (Å²) in [6.45, 7) is 0.131. The first-order valence-corrected chi connectivity index (χ1v) is 9.75. The Balaban J connectivity index is 1.53. The molecule has 150 valence electrons. The van der Waals surface area contributed by atoms with Crippen molar-refractivity contribution in [1.29, 1.82) is 0 Å². The van der Waals surface area contributed by atoms with E-state index in [2.05, 4.69) is 25.6 Å². The zero-order valence-corrected chi connectivity index (χ0v) is 15.9. The van der Waals surface area contributed by atoms with Crippen molar-refractivity contribution in [3.8, 4) is 0 Å². The first-order valence-electron chi connectivity index (χ1n) is 9.75. The van der Waals surface area contributed by atoms with Crippen LogP contribution in [-0.2, 0) is 6.54 Å². The number of para-hydroxylation sites is 1. The number of aromatic amines is 1. The van der Waals surface area contributed by atoms with Crippen LogP contribution in [0.4, 0.5) is 5.95 Å². The average molecular weight is 393 g/mol. The van der Waals surface area contributed by atoms with Gasteiger partial charge < -0.3 is 20.7 Å². The van der Waals surface area contributed by atoms with Gasteiger partial charge in [0, 0.05) is 35.9 Å². The van der Waals surface area contributed by atoms with Crippen LogP contribution in [0.25, 0.3) is 10.9 Å². The fraction of sp³-hybridized carbons (Fsp3) is 0.333. The molecule has 1 aromatic carbocycles. The molecule has 2 aromatic heterocycles. The molecule has 0 aliphatic heterocycles. The van der Waals surface area contributed by atoms with Gasteiger partial charge in [0.2, 0.25) is 5.95 Å². The Kier molecular flexibility index (Phi) is 5.53. The van der Waals surface area contributed by atoms with E-state index >= 15 is 0 Å². The number of carbonyl (C=O) groups is 1. The number of anilines is 1. The first-order chi connectivity index (χ1) is 14.1. The number of hydrogen-bond acceptors (Lipinski definition) is 6. The summed E-state index contributed by atoms with van der Waals surface area (Å²) in [4.78, 5) is 36.1. The summed E-state index contributed by atoms with van der Waals surface area (Å²) in [5.41, 5.74) is 1.24. The number of aliphatic hydroxyl groups excluding tert-OH is 1. The van der Waals surface area contributed by atoms with Gasteiger partial charge in [0.15, 0.2) is 0 Å². The molecule has 4 N–H and O–H groups in total. The van der Waals surface area contributed by atoms with Crippen LogP contribution in [0.3, 0.4) is 0 Å². The van der Waals surface area contributed by atoms with Crippen molar-refractivity contribution in [2.45, 2.75) is 44.4 Å². The van der Waals surface area contributed by atoms with Gasteiger partial charge in [-0.1, -0.05) is 18.2 Å². The van der Waals surface area contributed by atoms with E-state index in [1.165, 1.54) is 0 Å². The monoisotopic (exact) mass is 393 g/mol. The number of aromatic nitrogens is 3. The van der Waals surface area contributed by atoms with E-state index < -0.39 is 0 Å². The summed E-state index contributed by atoms with van der Waals surface area (Å²) >= 11 is 0. The Morgan fingerprint density at radius 1 is 1.17 bits per heavy atom. The number of fused-ring (bicyclic) bond motifs is 1. The second-order valence-corrected chi connectivity index (χ2v) is 7.29. The molecule has 1 aliphatic carbocycles. The molecule has 4 rings (SSSR count). The van der Waals surface area contributed by atoms with E-state index in [4.69, 9.17) is 0 Å². The zero-order chi connectivity index (χ0) is 20.2. The van der Waals surface area contributed by atoms with Crippen LogP contribution in [0.1, 0.15) is 41.6 Å². The standard InChI is InChI=1S/C21H23N5O3/c27-16-8-6-15(7-9-16)25-21-24-11-13-3-1-5-17(18(13)26-21)20(29)23-12-14-4-2-10-22-19(14)28/h1-5,10-11,15-16,27H,6-9,12H2,(H,22,28)(H,23,29)(H,24,25,26)/t15-,16-. The number of nitrogens with one attached hydrogen (secondary N) is 3. The lowest BCUT2D eigenvalue weighted by Crippen LogP contribution is -2.29. The zero-order valence-electron chi connectivity index (χ0n) is 15.9. The molecule has 1 fully saturated rings. The highest BCUT2D eigenvalue weighted by Crippen LogP contribution is 2.22. The van der Waals surface area contributed by atoms with Gasteiger partial charge in [-0.3, -0.25) is 9.59 Å². The average Bonchev–Trinajstić information content (AvgIpc) is 2.74. The molecular formula is C21H23N5O3. The fourth-order valence-electron chi connectivity index (χ4n) is 3.58. The van der Waals surface area contributed by atoms with Gasteiger partial charge >= 0.3 is 0 Å². The summed E-state index contributed by atoms with van der Waals surface area (Å²) in [5, 5.41) is 16.5. The van der Waals surface area contributed by atoms with E-state index in [0.29, 0.717) is 22.6 Å². The third-order valence-electron chi connectivity index (χ3n) is 5.22. The molecule has 8 heteroatoms. The van der Waals surface area contributed by atoms with Crippen molar-refractivity contribution in [3.05, 3.63) is 64.2 Å². The van der Waals surface area contributed by atoms with Gasteiger partial charge in [-0.25, -0.2) is 9.97 Å². The minimum absolute atomic E-state index is 0.131. The van der Waals surface area contributed by atoms with Crippen LogP contribution in [0.15, 0.2) is 47.5 Å². The van der Waals surface area contributed by atoms with Crippen LogP contribution in [0.5, 0.6) is 0 Å². The maximum Gasteiger partial charge on any atom is 0.253 e. The quantitative estimate of drug-likeness (QED) is 0.526. The maximum absolute atomic E-state index is 12.7.